The van der Waals surface area contributed by atoms with Crippen LogP contribution in [0.5, 0.6) is 0 Å². The summed E-state index contributed by atoms with van der Waals surface area (Å²) in [4.78, 5) is 12.3. The van der Waals surface area contributed by atoms with Gasteiger partial charge in [-0.1, -0.05) is 13.8 Å². The second kappa shape index (κ2) is 8.01. The lowest BCUT2D eigenvalue weighted by atomic mass is 9.79. The quantitative estimate of drug-likeness (QED) is 0.827. The van der Waals surface area contributed by atoms with Crippen molar-refractivity contribution in [3.8, 4) is 0 Å². The van der Waals surface area contributed by atoms with Gasteiger partial charge in [-0.25, -0.2) is 0 Å². The molecule has 1 saturated carbocycles. The molecule has 22 heavy (non-hydrogen) atoms. The highest BCUT2D eigenvalue weighted by Gasteiger charge is 2.34. The molecule has 3 aliphatic rings. The summed E-state index contributed by atoms with van der Waals surface area (Å²) in [7, 11) is 0. The minimum Gasteiger partial charge on any atom is -0.353 e. The van der Waals surface area contributed by atoms with Crippen LogP contribution in [0.3, 0.4) is 0 Å². The van der Waals surface area contributed by atoms with Gasteiger partial charge in [0.15, 0.2) is 0 Å². The zero-order valence-electron chi connectivity index (χ0n) is 14.1. The van der Waals surface area contributed by atoms with Gasteiger partial charge in [-0.05, 0) is 69.1 Å². The Labute approximate surface area is 141 Å². The van der Waals surface area contributed by atoms with Gasteiger partial charge in [0.05, 0.1) is 0 Å². The summed E-state index contributed by atoms with van der Waals surface area (Å²) in [6, 6.07) is 1.84. The molecule has 3 fully saturated rings. The first-order valence-electron chi connectivity index (χ1n) is 9.15. The maximum Gasteiger partial charge on any atom is 0.220 e. The molecule has 0 aromatic carbocycles. The highest BCUT2D eigenvalue weighted by atomic mass is 35.5. The van der Waals surface area contributed by atoms with Crippen LogP contribution in [0.1, 0.15) is 71.6 Å². The number of fused-ring (bicyclic) bond motifs is 2. The molecule has 0 spiro atoms. The number of hydrogen-bond donors (Lipinski definition) is 2. The van der Waals surface area contributed by atoms with Crippen molar-refractivity contribution in [2.24, 2.45) is 17.8 Å². The minimum absolute atomic E-state index is 0. The Balaban J connectivity index is 0.00000176. The summed E-state index contributed by atoms with van der Waals surface area (Å²) in [6.07, 6.45) is 10.8. The molecule has 2 unspecified atom stereocenters. The van der Waals surface area contributed by atoms with Crippen LogP contribution >= 0.6 is 12.4 Å². The third kappa shape index (κ3) is 4.61. The Morgan fingerprint density at radius 3 is 2.18 bits per heavy atom. The van der Waals surface area contributed by atoms with Crippen molar-refractivity contribution in [1.82, 2.24) is 10.6 Å². The van der Waals surface area contributed by atoms with E-state index in [0.29, 0.717) is 30.0 Å². The van der Waals surface area contributed by atoms with Crippen molar-refractivity contribution in [2.75, 3.05) is 0 Å². The summed E-state index contributed by atoms with van der Waals surface area (Å²) in [5.41, 5.74) is 0. The maximum atomic E-state index is 12.3. The monoisotopic (exact) mass is 328 g/mol. The third-order valence-electron chi connectivity index (χ3n) is 6.12. The normalized spacial score (nSPS) is 37.7. The molecule has 2 aliphatic heterocycles. The van der Waals surface area contributed by atoms with Gasteiger partial charge in [0.2, 0.25) is 5.91 Å². The third-order valence-corrected chi connectivity index (χ3v) is 6.12. The Bertz CT molecular complexity index is 354. The van der Waals surface area contributed by atoms with E-state index in [9.17, 15) is 4.79 Å². The molecule has 2 heterocycles. The van der Waals surface area contributed by atoms with E-state index >= 15 is 0 Å². The lowest BCUT2D eigenvalue weighted by Gasteiger charge is -2.32. The molecule has 0 radical (unpaired) electrons. The number of halogens is 1. The van der Waals surface area contributed by atoms with Crippen LogP contribution in [0.2, 0.25) is 0 Å². The van der Waals surface area contributed by atoms with Gasteiger partial charge in [-0.3, -0.25) is 4.79 Å². The Kier molecular flexibility index (Phi) is 6.58. The average Bonchev–Trinajstić information content (AvgIpc) is 2.78. The summed E-state index contributed by atoms with van der Waals surface area (Å²) in [6.45, 7) is 4.66. The Hall–Kier alpha value is -0.280. The van der Waals surface area contributed by atoms with Gasteiger partial charge in [-0.15, -0.1) is 12.4 Å². The number of hydrogen-bond acceptors (Lipinski definition) is 2. The fourth-order valence-electron chi connectivity index (χ4n) is 4.82. The molecule has 2 saturated heterocycles. The zero-order valence-corrected chi connectivity index (χ0v) is 15.0. The van der Waals surface area contributed by atoms with E-state index in [1.807, 2.05) is 0 Å². The van der Waals surface area contributed by atoms with Crippen molar-refractivity contribution < 1.29 is 4.79 Å². The molecular formula is C18H33ClN2O. The van der Waals surface area contributed by atoms with Gasteiger partial charge in [0.25, 0.3) is 0 Å². The minimum atomic E-state index is 0. The second-order valence-corrected chi connectivity index (χ2v) is 8.10. The zero-order chi connectivity index (χ0) is 14.8. The van der Waals surface area contributed by atoms with Gasteiger partial charge in [0, 0.05) is 24.5 Å². The molecule has 1 amide bonds. The predicted molar refractivity (Wildman–Crippen MR) is 93.3 cm³/mol. The summed E-state index contributed by atoms with van der Waals surface area (Å²) in [5.74, 6) is 2.61. The predicted octanol–water partition coefficient (Wildman–Crippen LogP) is 3.66. The highest BCUT2D eigenvalue weighted by molar-refractivity contribution is 5.85. The summed E-state index contributed by atoms with van der Waals surface area (Å²) in [5, 5.41) is 6.97. The first-order valence-corrected chi connectivity index (χ1v) is 9.15. The van der Waals surface area contributed by atoms with E-state index < -0.39 is 0 Å². The number of piperidine rings is 1. The van der Waals surface area contributed by atoms with E-state index in [0.717, 1.165) is 18.3 Å². The van der Waals surface area contributed by atoms with Crippen LogP contribution in [0.4, 0.5) is 0 Å². The van der Waals surface area contributed by atoms with E-state index in [-0.39, 0.29) is 12.4 Å². The molecule has 2 atom stereocenters. The van der Waals surface area contributed by atoms with Crippen LogP contribution in [0.15, 0.2) is 0 Å². The Morgan fingerprint density at radius 2 is 1.64 bits per heavy atom. The van der Waals surface area contributed by atoms with Crippen molar-refractivity contribution in [3.05, 3.63) is 0 Å². The van der Waals surface area contributed by atoms with E-state index in [1.165, 1.54) is 51.4 Å². The maximum absolute atomic E-state index is 12.3. The van der Waals surface area contributed by atoms with Crippen LogP contribution < -0.4 is 10.6 Å². The standard InChI is InChI=1S/C18H32N2O.ClH/c1-12(2)14-3-5-15(6-4-14)20-18(21)11-13-9-16-7-8-17(10-13)19-16;/h12-17,19H,3-11H2,1-2H3,(H,20,21);1H. The van der Waals surface area contributed by atoms with Gasteiger partial charge in [0.1, 0.15) is 0 Å². The topological polar surface area (TPSA) is 41.1 Å². The number of nitrogens with one attached hydrogen (secondary N) is 2. The lowest BCUT2D eigenvalue weighted by molar-refractivity contribution is -0.123. The first-order chi connectivity index (χ1) is 10.1. The number of carbonyl (C=O) groups excluding carboxylic acids is 1. The van der Waals surface area contributed by atoms with Gasteiger partial charge >= 0.3 is 0 Å². The van der Waals surface area contributed by atoms with Crippen LogP contribution in [-0.2, 0) is 4.79 Å². The fourth-order valence-corrected chi connectivity index (χ4v) is 4.82. The van der Waals surface area contributed by atoms with Crippen molar-refractivity contribution in [3.63, 3.8) is 0 Å². The van der Waals surface area contributed by atoms with E-state index in [4.69, 9.17) is 0 Å². The Morgan fingerprint density at radius 1 is 1.05 bits per heavy atom. The molecular weight excluding hydrogens is 296 g/mol. The molecule has 3 rings (SSSR count). The molecule has 0 aromatic heterocycles. The largest absolute Gasteiger partial charge is 0.353 e. The van der Waals surface area contributed by atoms with Crippen LogP contribution in [-0.4, -0.2) is 24.0 Å². The second-order valence-electron chi connectivity index (χ2n) is 8.10. The number of amides is 1. The first kappa shape index (κ1) is 18.1. The molecule has 128 valence electrons. The van der Waals surface area contributed by atoms with E-state index in [2.05, 4.69) is 24.5 Å². The molecule has 3 nitrogen and oxygen atoms in total. The van der Waals surface area contributed by atoms with Crippen molar-refractivity contribution in [2.45, 2.75) is 89.8 Å². The summed E-state index contributed by atoms with van der Waals surface area (Å²) >= 11 is 0. The van der Waals surface area contributed by atoms with Crippen LogP contribution in [0.25, 0.3) is 0 Å². The lowest BCUT2D eigenvalue weighted by Crippen LogP contribution is -2.42. The van der Waals surface area contributed by atoms with Gasteiger partial charge < -0.3 is 10.6 Å². The molecule has 1 aliphatic carbocycles. The molecule has 4 heteroatoms. The SMILES string of the molecule is CC(C)C1CCC(NC(=O)CC2CC3CCC(C2)N3)CC1.Cl. The molecule has 2 bridgehead atoms. The number of carbonyl (C=O) groups is 1. The van der Waals surface area contributed by atoms with Crippen LogP contribution in [0, 0.1) is 17.8 Å². The molecule has 0 aromatic rings. The van der Waals surface area contributed by atoms with Crippen molar-refractivity contribution >= 4 is 18.3 Å². The highest BCUT2D eigenvalue weighted by Crippen LogP contribution is 2.33. The average molecular weight is 329 g/mol. The number of rotatable bonds is 4. The smallest absolute Gasteiger partial charge is 0.220 e. The van der Waals surface area contributed by atoms with Crippen molar-refractivity contribution in [1.29, 1.82) is 0 Å². The summed E-state index contributed by atoms with van der Waals surface area (Å²) < 4.78 is 0. The molecule has 2 N–H and O–H groups in total. The fraction of sp³-hybridized carbons (Fsp3) is 0.944. The van der Waals surface area contributed by atoms with Gasteiger partial charge in [-0.2, -0.15) is 0 Å². The van der Waals surface area contributed by atoms with E-state index in [1.54, 1.807) is 0 Å².